The molecule has 2 heterocycles. The second-order valence-corrected chi connectivity index (χ2v) is 6.34. The van der Waals surface area contributed by atoms with E-state index in [1.807, 2.05) is 0 Å². The van der Waals surface area contributed by atoms with E-state index in [-0.39, 0.29) is 16.3 Å². The lowest BCUT2D eigenvalue weighted by molar-refractivity contribution is -0.384. The van der Waals surface area contributed by atoms with Crippen LogP contribution in [0.15, 0.2) is 23.8 Å². The molecule has 0 bridgehead atoms. The van der Waals surface area contributed by atoms with Crippen molar-refractivity contribution >= 4 is 11.8 Å². The molecule has 0 spiro atoms. The van der Waals surface area contributed by atoms with Crippen LogP contribution in [0.4, 0.5) is 5.69 Å². The van der Waals surface area contributed by atoms with Gasteiger partial charge in [0.15, 0.2) is 5.72 Å². The quantitative estimate of drug-likeness (QED) is 0.620. The first kappa shape index (κ1) is 14.7. The number of rotatable bonds is 2. The number of benzene rings is 1. The smallest absolute Gasteiger partial charge is 0.270 e. The minimum absolute atomic E-state index is 0.110. The van der Waals surface area contributed by atoms with E-state index in [0.29, 0.717) is 0 Å². The van der Waals surface area contributed by atoms with Crippen LogP contribution >= 0.6 is 0 Å². The lowest BCUT2D eigenvalue weighted by Gasteiger charge is -2.50. The molecule has 2 aliphatic heterocycles. The summed E-state index contributed by atoms with van der Waals surface area (Å²) in [4.78, 5) is 13.0. The van der Waals surface area contributed by atoms with E-state index in [1.165, 1.54) is 11.6 Å². The van der Waals surface area contributed by atoms with Gasteiger partial charge in [0.2, 0.25) is 0 Å². The van der Waals surface area contributed by atoms with Crippen molar-refractivity contribution in [3.05, 3.63) is 39.4 Å². The number of nitro benzene ring substituents is 1. The van der Waals surface area contributed by atoms with Gasteiger partial charge in [-0.2, -0.15) is 0 Å². The van der Waals surface area contributed by atoms with Gasteiger partial charge in [0.05, 0.1) is 18.1 Å². The zero-order chi connectivity index (χ0) is 15.9. The molecule has 1 aromatic carbocycles. The summed E-state index contributed by atoms with van der Waals surface area (Å²) < 4.78 is 12.0. The van der Waals surface area contributed by atoms with Crippen molar-refractivity contribution in [1.29, 1.82) is 0 Å². The van der Waals surface area contributed by atoms with Crippen LogP contribution in [0.25, 0.3) is 6.08 Å². The molecule has 6 nitrogen and oxygen atoms in total. The van der Waals surface area contributed by atoms with Gasteiger partial charge in [-0.1, -0.05) is 0 Å². The first-order chi connectivity index (χ1) is 11.2. The second kappa shape index (κ2) is 5.62. The van der Waals surface area contributed by atoms with E-state index in [1.54, 1.807) is 12.1 Å². The fourth-order valence-electron chi connectivity index (χ4n) is 3.91. The third-order valence-electron chi connectivity index (χ3n) is 5.05. The normalized spacial score (nSPS) is 27.4. The highest BCUT2D eigenvalue weighted by Gasteiger charge is 2.46. The Labute approximate surface area is 134 Å². The number of morpholine rings is 1. The minimum Gasteiger partial charge on any atom is -0.468 e. The van der Waals surface area contributed by atoms with E-state index in [9.17, 15) is 10.1 Å². The molecule has 0 aromatic heterocycles. The highest BCUT2D eigenvalue weighted by atomic mass is 16.6. The van der Waals surface area contributed by atoms with Gasteiger partial charge in [0.25, 0.3) is 5.69 Å². The zero-order valence-electron chi connectivity index (χ0n) is 13.0. The molecule has 0 N–H and O–H groups in total. The van der Waals surface area contributed by atoms with Crippen molar-refractivity contribution in [3.63, 3.8) is 0 Å². The van der Waals surface area contributed by atoms with Crippen molar-refractivity contribution in [3.8, 4) is 5.75 Å². The van der Waals surface area contributed by atoms with Gasteiger partial charge in [-0.25, -0.2) is 0 Å². The largest absolute Gasteiger partial charge is 0.468 e. The average molecular weight is 316 g/mol. The van der Waals surface area contributed by atoms with Crippen LogP contribution in [0.5, 0.6) is 5.75 Å². The van der Waals surface area contributed by atoms with E-state index in [0.717, 1.165) is 63.3 Å². The maximum atomic E-state index is 11.0. The molecule has 1 saturated carbocycles. The van der Waals surface area contributed by atoms with Crippen LogP contribution in [-0.2, 0) is 4.74 Å². The van der Waals surface area contributed by atoms with Crippen molar-refractivity contribution < 1.29 is 14.4 Å². The third-order valence-corrected chi connectivity index (χ3v) is 5.05. The summed E-state index contributed by atoms with van der Waals surface area (Å²) in [7, 11) is 0. The highest BCUT2D eigenvalue weighted by molar-refractivity contribution is 5.67. The Balaban J connectivity index is 1.75. The molecule has 23 heavy (non-hydrogen) atoms. The van der Waals surface area contributed by atoms with Gasteiger partial charge >= 0.3 is 0 Å². The van der Waals surface area contributed by atoms with Gasteiger partial charge in [-0.15, -0.1) is 0 Å². The summed E-state index contributed by atoms with van der Waals surface area (Å²) in [6.45, 7) is 3.18. The maximum absolute atomic E-state index is 11.0. The van der Waals surface area contributed by atoms with Gasteiger partial charge in [0.1, 0.15) is 5.75 Å². The standard InChI is InChI=1S/C17H20N2O4/c20-19(21)15-4-5-16-13(12-15)11-14-3-1-2-6-17(14,23-16)18-7-9-22-10-8-18/h4-5,11-12H,1-3,6-10H2/t17-/m0/s1. The summed E-state index contributed by atoms with van der Waals surface area (Å²) in [5, 5.41) is 11.0. The van der Waals surface area contributed by atoms with Gasteiger partial charge in [0, 0.05) is 37.2 Å². The Hall–Kier alpha value is -1.92. The van der Waals surface area contributed by atoms with Crippen LogP contribution < -0.4 is 4.74 Å². The van der Waals surface area contributed by atoms with Crippen LogP contribution in [-0.4, -0.2) is 41.9 Å². The Morgan fingerprint density at radius 1 is 1.22 bits per heavy atom. The van der Waals surface area contributed by atoms with E-state index >= 15 is 0 Å². The molecule has 1 saturated heterocycles. The summed E-state index contributed by atoms with van der Waals surface area (Å²) >= 11 is 0. The number of hydrogen-bond acceptors (Lipinski definition) is 5. The SMILES string of the molecule is O=[N+]([O-])c1ccc2c(c1)C=C1CCCC[C@]1(N1CCOCC1)O2. The molecule has 1 aliphatic carbocycles. The molecule has 0 amide bonds. The topological polar surface area (TPSA) is 64.8 Å². The lowest BCUT2D eigenvalue weighted by Crippen LogP contribution is -2.59. The van der Waals surface area contributed by atoms with Crippen molar-refractivity contribution in [1.82, 2.24) is 4.90 Å². The van der Waals surface area contributed by atoms with Crippen LogP contribution in [0.2, 0.25) is 0 Å². The summed E-state index contributed by atoms with van der Waals surface area (Å²) in [6.07, 6.45) is 6.35. The van der Waals surface area contributed by atoms with Gasteiger partial charge < -0.3 is 9.47 Å². The van der Waals surface area contributed by atoms with Crippen molar-refractivity contribution in [2.24, 2.45) is 0 Å². The fraction of sp³-hybridized carbons (Fsp3) is 0.529. The zero-order valence-corrected chi connectivity index (χ0v) is 13.0. The minimum atomic E-state index is -0.384. The molecule has 122 valence electrons. The molecule has 1 atom stereocenters. The summed E-state index contributed by atoms with van der Waals surface area (Å²) in [5.74, 6) is 0.743. The number of hydrogen-bond donors (Lipinski definition) is 0. The molecule has 3 aliphatic rings. The average Bonchev–Trinajstić information content (AvgIpc) is 2.60. The monoisotopic (exact) mass is 316 g/mol. The molecule has 4 rings (SSSR count). The molecular formula is C17H20N2O4. The predicted molar refractivity (Wildman–Crippen MR) is 85.3 cm³/mol. The van der Waals surface area contributed by atoms with Crippen LogP contribution in [0.1, 0.15) is 31.2 Å². The van der Waals surface area contributed by atoms with E-state index in [2.05, 4.69) is 11.0 Å². The molecule has 1 aromatic rings. The number of fused-ring (bicyclic) bond motifs is 2. The van der Waals surface area contributed by atoms with Crippen LogP contribution in [0, 0.1) is 10.1 Å². The molecule has 6 heteroatoms. The molecule has 0 radical (unpaired) electrons. The lowest BCUT2D eigenvalue weighted by atomic mass is 9.82. The number of nitro groups is 1. The predicted octanol–water partition coefficient (Wildman–Crippen LogP) is 2.97. The summed E-state index contributed by atoms with van der Waals surface area (Å²) in [5.41, 5.74) is 1.79. The Morgan fingerprint density at radius 3 is 2.83 bits per heavy atom. The first-order valence-electron chi connectivity index (χ1n) is 8.20. The maximum Gasteiger partial charge on any atom is 0.270 e. The number of ether oxygens (including phenoxy) is 2. The number of nitrogens with zero attached hydrogens (tertiary/aromatic N) is 2. The molecular weight excluding hydrogens is 296 g/mol. The number of non-ortho nitro benzene ring substituents is 1. The van der Waals surface area contributed by atoms with Gasteiger partial charge in [-0.3, -0.25) is 15.0 Å². The fourth-order valence-corrected chi connectivity index (χ4v) is 3.91. The molecule has 0 unspecified atom stereocenters. The van der Waals surface area contributed by atoms with E-state index < -0.39 is 0 Å². The Morgan fingerprint density at radius 2 is 2.04 bits per heavy atom. The second-order valence-electron chi connectivity index (χ2n) is 6.34. The van der Waals surface area contributed by atoms with E-state index in [4.69, 9.17) is 9.47 Å². The third kappa shape index (κ3) is 2.42. The molecule has 2 fully saturated rings. The first-order valence-corrected chi connectivity index (χ1v) is 8.20. The van der Waals surface area contributed by atoms with Crippen LogP contribution in [0.3, 0.4) is 0 Å². The van der Waals surface area contributed by atoms with Gasteiger partial charge in [-0.05, 0) is 37.0 Å². The highest BCUT2D eigenvalue weighted by Crippen LogP contribution is 2.46. The van der Waals surface area contributed by atoms with Crippen molar-refractivity contribution in [2.75, 3.05) is 26.3 Å². The Kier molecular flexibility index (Phi) is 3.58. The Bertz CT molecular complexity index is 667. The van der Waals surface area contributed by atoms with Crippen molar-refractivity contribution in [2.45, 2.75) is 31.4 Å². The summed E-state index contributed by atoms with van der Waals surface area (Å²) in [6, 6.07) is 4.87.